The molecule has 58 heavy (non-hydrogen) atoms. The molecule has 0 fully saturated rings. The molecule has 0 bridgehead atoms. The third kappa shape index (κ3) is 10.2. The van der Waals surface area contributed by atoms with Crippen molar-refractivity contribution in [2.75, 3.05) is 18.1 Å². The highest BCUT2D eigenvalue weighted by Crippen LogP contribution is 2.41. The lowest BCUT2D eigenvalue weighted by Gasteiger charge is -2.41. The van der Waals surface area contributed by atoms with Crippen molar-refractivity contribution in [2.24, 2.45) is 11.1 Å². The molecule has 4 aromatic rings. The van der Waals surface area contributed by atoms with E-state index in [1.165, 1.54) is 29.2 Å². The van der Waals surface area contributed by atoms with Gasteiger partial charge in [-0.2, -0.15) is 0 Å². The maximum absolute atomic E-state index is 15.1. The summed E-state index contributed by atoms with van der Waals surface area (Å²) in [6, 6.07) is 16.3. The van der Waals surface area contributed by atoms with Gasteiger partial charge in [0.2, 0.25) is 11.8 Å². The Hall–Kier alpha value is -6.32. The van der Waals surface area contributed by atoms with E-state index in [1.54, 1.807) is 12.3 Å². The molecule has 0 radical (unpaired) electrons. The van der Waals surface area contributed by atoms with Crippen molar-refractivity contribution in [1.82, 2.24) is 14.8 Å². The molecular weight excluding hydrogens is 752 g/mol. The van der Waals surface area contributed by atoms with Crippen molar-refractivity contribution in [3.8, 4) is 11.1 Å². The van der Waals surface area contributed by atoms with Crippen molar-refractivity contribution in [2.45, 2.75) is 64.7 Å². The summed E-state index contributed by atoms with van der Waals surface area (Å²) in [7, 11) is 0. The number of hydrogen-bond donors (Lipinski definition) is 4. The highest BCUT2D eigenvalue weighted by atomic mass is 19.1. The van der Waals surface area contributed by atoms with Gasteiger partial charge in [-0.1, -0.05) is 63.2 Å². The van der Waals surface area contributed by atoms with Gasteiger partial charge >= 0.3 is 5.97 Å². The number of nitrogens with zero attached hydrogens (tertiary/aromatic N) is 3. The molecule has 3 aromatic carbocycles. The van der Waals surface area contributed by atoms with E-state index in [0.717, 1.165) is 40.8 Å². The van der Waals surface area contributed by atoms with Crippen LogP contribution in [0.5, 0.6) is 0 Å². The predicted octanol–water partition coefficient (Wildman–Crippen LogP) is 4.77. The Balaban J connectivity index is 1.33. The summed E-state index contributed by atoms with van der Waals surface area (Å²) in [5.41, 5.74) is 7.61. The average molecular weight is 798 g/mol. The molecular formula is C43H45F2N5O8. The van der Waals surface area contributed by atoms with Crippen LogP contribution in [-0.4, -0.2) is 80.3 Å². The van der Waals surface area contributed by atoms with Crippen molar-refractivity contribution < 1.29 is 47.8 Å². The van der Waals surface area contributed by atoms with Crippen LogP contribution in [0, 0.1) is 17.0 Å². The van der Waals surface area contributed by atoms with Crippen LogP contribution >= 0.6 is 0 Å². The minimum absolute atomic E-state index is 0.00950. The van der Waals surface area contributed by atoms with Gasteiger partial charge in [0.25, 0.3) is 11.8 Å². The van der Waals surface area contributed by atoms with Crippen LogP contribution in [0.25, 0.3) is 11.1 Å². The minimum Gasteiger partial charge on any atom is -0.480 e. The van der Waals surface area contributed by atoms with E-state index in [4.69, 9.17) is 5.73 Å². The van der Waals surface area contributed by atoms with Crippen LogP contribution in [-0.2, 0) is 30.5 Å². The number of anilines is 1. The van der Waals surface area contributed by atoms with E-state index in [9.17, 15) is 43.4 Å². The van der Waals surface area contributed by atoms with Crippen molar-refractivity contribution in [3.63, 3.8) is 0 Å². The van der Waals surface area contributed by atoms with Gasteiger partial charge in [0, 0.05) is 60.2 Å². The third-order valence-electron chi connectivity index (χ3n) is 9.76. The zero-order chi connectivity index (χ0) is 42.3. The summed E-state index contributed by atoms with van der Waals surface area (Å²) in [6.07, 6.45) is 3.08. The quantitative estimate of drug-likeness (QED) is 0.0861. The number of imide groups is 1. The standard InChI is InChI=1S/C43H45F2N5O8/c1-43(2,3)40(35-21-28(31-22-29(44)12-13-32(31)45)24-48(35)23-26-8-5-4-6-9-26)49(39(55)25-51)19-18-33(46)41(56)47-34(42(57)58)14-15-36(52)27-10-7-11-30(20-27)50-37(53)16-17-38(50)54/h4-13,16-17,20-22,24,33-34,40,51H,14-15,18-19,23,25,46H2,1-3H3,(H,47,56)(H,57,58)/t33-,34+,40-/m0/s1. The van der Waals surface area contributed by atoms with Crippen LogP contribution in [0.3, 0.4) is 0 Å². The number of carbonyl (C=O) groups is 6. The number of carbonyl (C=O) groups excluding carboxylic acids is 5. The fourth-order valence-corrected chi connectivity index (χ4v) is 6.94. The van der Waals surface area contributed by atoms with E-state index >= 15 is 4.39 Å². The maximum atomic E-state index is 15.1. The molecule has 1 aromatic heterocycles. The van der Waals surface area contributed by atoms with Crippen molar-refractivity contribution in [3.05, 3.63) is 126 Å². The summed E-state index contributed by atoms with van der Waals surface area (Å²) in [5, 5.41) is 22.4. The number of hydrogen-bond acceptors (Lipinski definition) is 8. The minimum atomic E-state index is -1.52. The van der Waals surface area contributed by atoms with Gasteiger partial charge in [0.05, 0.1) is 17.8 Å². The number of aliphatic carboxylic acids is 1. The number of aromatic nitrogens is 1. The molecule has 0 saturated heterocycles. The van der Waals surface area contributed by atoms with E-state index in [1.807, 2.05) is 55.7 Å². The molecule has 3 atom stereocenters. The molecule has 13 nitrogen and oxygen atoms in total. The van der Waals surface area contributed by atoms with Gasteiger partial charge in [-0.25, -0.2) is 18.5 Å². The highest BCUT2D eigenvalue weighted by molar-refractivity contribution is 6.28. The second-order valence-electron chi connectivity index (χ2n) is 15.1. The van der Waals surface area contributed by atoms with Crippen molar-refractivity contribution >= 4 is 41.1 Å². The van der Waals surface area contributed by atoms with Crippen LogP contribution < -0.4 is 16.0 Å². The Kier molecular flexibility index (Phi) is 13.5. The van der Waals surface area contributed by atoms with Gasteiger partial charge in [-0.3, -0.25) is 24.0 Å². The van der Waals surface area contributed by atoms with Crippen LogP contribution in [0.1, 0.15) is 67.7 Å². The molecule has 4 amide bonds. The maximum Gasteiger partial charge on any atom is 0.326 e. The largest absolute Gasteiger partial charge is 0.480 e. The van der Waals surface area contributed by atoms with E-state index in [0.29, 0.717) is 17.8 Å². The van der Waals surface area contributed by atoms with Gasteiger partial charge < -0.3 is 30.7 Å². The SMILES string of the molecule is CC(C)(C)[C@H](c1cc(-c2cc(F)ccc2F)cn1Cc1ccccc1)N(CC[C@H](N)C(=O)N[C@H](CCC(=O)c1cccc(N2C(=O)C=CC2=O)c1)C(=O)O)C(=O)CO. The first-order valence-corrected chi connectivity index (χ1v) is 18.6. The average Bonchev–Trinajstić information content (AvgIpc) is 3.75. The summed E-state index contributed by atoms with van der Waals surface area (Å²) in [5.74, 6) is -5.90. The molecule has 304 valence electrons. The molecule has 0 spiro atoms. The first kappa shape index (κ1) is 42.8. The Morgan fingerprint density at radius 3 is 2.22 bits per heavy atom. The lowest BCUT2D eigenvalue weighted by Crippen LogP contribution is -2.50. The molecule has 5 rings (SSSR count). The molecule has 1 aliphatic rings. The topological polar surface area (TPSA) is 192 Å². The highest BCUT2D eigenvalue weighted by Gasteiger charge is 2.38. The van der Waals surface area contributed by atoms with Crippen LogP contribution in [0.15, 0.2) is 97.2 Å². The smallest absolute Gasteiger partial charge is 0.326 e. The Morgan fingerprint density at radius 2 is 1.59 bits per heavy atom. The third-order valence-corrected chi connectivity index (χ3v) is 9.76. The second-order valence-corrected chi connectivity index (χ2v) is 15.1. The number of rotatable bonds is 17. The van der Waals surface area contributed by atoms with Gasteiger partial charge in [0.15, 0.2) is 5.78 Å². The monoisotopic (exact) mass is 797 g/mol. The molecule has 0 saturated carbocycles. The van der Waals surface area contributed by atoms with Gasteiger partial charge in [-0.05, 0) is 60.2 Å². The van der Waals surface area contributed by atoms with Crippen LogP contribution in [0.4, 0.5) is 14.5 Å². The second kappa shape index (κ2) is 18.3. The Bertz CT molecular complexity index is 2210. The number of halogens is 2. The number of aliphatic hydroxyl groups is 1. The number of carboxylic acids is 1. The number of benzene rings is 3. The lowest BCUT2D eigenvalue weighted by molar-refractivity contribution is -0.142. The number of nitrogens with two attached hydrogens (primary N) is 1. The number of aliphatic hydroxyl groups excluding tert-OH is 1. The fourth-order valence-electron chi connectivity index (χ4n) is 6.94. The number of nitrogens with one attached hydrogen (secondary N) is 1. The summed E-state index contributed by atoms with van der Waals surface area (Å²) in [4.78, 5) is 78.5. The molecule has 2 heterocycles. The normalized spacial score (nSPS) is 14.3. The first-order chi connectivity index (χ1) is 27.5. The molecule has 1 aliphatic heterocycles. The summed E-state index contributed by atoms with van der Waals surface area (Å²) >= 11 is 0. The zero-order valence-corrected chi connectivity index (χ0v) is 32.2. The summed E-state index contributed by atoms with van der Waals surface area (Å²) < 4.78 is 31.2. The fraction of sp³-hybridized carbons (Fsp3) is 0.302. The number of amides is 4. The van der Waals surface area contributed by atoms with E-state index in [-0.39, 0.29) is 42.6 Å². The van der Waals surface area contributed by atoms with Gasteiger partial charge in [0.1, 0.15) is 24.3 Å². The zero-order valence-electron chi connectivity index (χ0n) is 32.2. The number of Topliss-reactive ketones (excluding diaryl/α,β-unsaturated/α-hetero) is 1. The van der Waals surface area contributed by atoms with Crippen LogP contribution in [0.2, 0.25) is 0 Å². The van der Waals surface area contributed by atoms with E-state index < -0.39 is 77.2 Å². The number of carboxylic acid groups (broad SMARTS) is 1. The first-order valence-electron chi connectivity index (χ1n) is 18.6. The Morgan fingerprint density at radius 1 is 0.897 bits per heavy atom. The Labute approximate surface area is 333 Å². The summed E-state index contributed by atoms with van der Waals surface area (Å²) in [6.45, 7) is 4.83. The number of ketones is 1. The molecule has 5 N–H and O–H groups in total. The predicted molar refractivity (Wildman–Crippen MR) is 210 cm³/mol. The van der Waals surface area contributed by atoms with Gasteiger partial charge in [-0.15, -0.1) is 0 Å². The molecule has 0 aliphatic carbocycles. The van der Waals surface area contributed by atoms with Crippen molar-refractivity contribution in [1.29, 1.82) is 0 Å². The molecule has 0 unspecified atom stereocenters. The lowest BCUT2D eigenvalue weighted by atomic mass is 9.82. The van der Waals surface area contributed by atoms with E-state index in [2.05, 4.69) is 5.32 Å². The molecule has 15 heteroatoms.